The van der Waals surface area contributed by atoms with Gasteiger partial charge in [0.15, 0.2) is 0 Å². The van der Waals surface area contributed by atoms with Gasteiger partial charge in [0.1, 0.15) is 0 Å². The first-order chi connectivity index (χ1) is 15.2. The van der Waals surface area contributed by atoms with Gasteiger partial charge in [0.2, 0.25) is 17.0 Å². The van der Waals surface area contributed by atoms with Gasteiger partial charge in [-0.25, -0.2) is 4.68 Å². The predicted molar refractivity (Wildman–Crippen MR) is 121 cm³/mol. The van der Waals surface area contributed by atoms with Crippen molar-refractivity contribution in [3.63, 3.8) is 0 Å². The average Bonchev–Trinajstić information content (AvgIpc) is 3.48. The van der Waals surface area contributed by atoms with Gasteiger partial charge in [0.25, 0.3) is 0 Å². The Labute approximate surface area is 189 Å². The summed E-state index contributed by atoms with van der Waals surface area (Å²) in [6, 6.07) is 13.6. The van der Waals surface area contributed by atoms with E-state index in [2.05, 4.69) is 32.3 Å². The van der Waals surface area contributed by atoms with Crippen molar-refractivity contribution in [1.82, 2.24) is 25.1 Å². The number of thiophene rings is 1. The number of hydrogen-bond donors (Lipinski definition) is 1. The summed E-state index contributed by atoms with van der Waals surface area (Å²) in [7, 11) is 0. The van der Waals surface area contributed by atoms with Crippen LogP contribution in [0, 0.1) is 5.92 Å². The number of thioether (sulfide) groups is 1. The highest BCUT2D eigenvalue weighted by Crippen LogP contribution is 2.22. The molecule has 3 heterocycles. The van der Waals surface area contributed by atoms with Crippen LogP contribution in [-0.2, 0) is 22.6 Å². The highest BCUT2D eigenvalue weighted by atomic mass is 32.2. The van der Waals surface area contributed by atoms with Crippen LogP contribution in [0.15, 0.2) is 53.0 Å². The number of carbonyl (C=O) groups excluding carboxylic acids is 2. The SMILES string of the molecule is O=C(Nc1ccccc1)C1CCN(C(=O)CSc2nnnn2CCc2cccs2)CC1. The normalized spacial score (nSPS) is 14.5. The molecule has 1 aliphatic rings. The fourth-order valence-electron chi connectivity index (χ4n) is 3.49. The van der Waals surface area contributed by atoms with E-state index in [0.29, 0.717) is 43.4 Å². The van der Waals surface area contributed by atoms with Crippen LogP contribution in [-0.4, -0.2) is 55.8 Å². The molecule has 0 unspecified atom stereocenters. The molecule has 0 spiro atoms. The van der Waals surface area contributed by atoms with Crippen LogP contribution in [0.5, 0.6) is 0 Å². The molecule has 2 amide bonds. The molecule has 0 saturated carbocycles. The summed E-state index contributed by atoms with van der Waals surface area (Å²) < 4.78 is 1.75. The summed E-state index contributed by atoms with van der Waals surface area (Å²) in [5, 5.41) is 17.5. The number of amides is 2. The van der Waals surface area contributed by atoms with Crippen molar-refractivity contribution in [2.45, 2.75) is 31.0 Å². The van der Waals surface area contributed by atoms with Crippen molar-refractivity contribution in [3.05, 3.63) is 52.7 Å². The molecule has 1 aromatic carbocycles. The lowest BCUT2D eigenvalue weighted by atomic mass is 9.96. The first kappa shape index (κ1) is 21.5. The largest absolute Gasteiger partial charge is 0.342 e. The number of aromatic nitrogens is 4. The number of anilines is 1. The van der Waals surface area contributed by atoms with E-state index in [9.17, 15) is 9.59 Å². The molecule has 162 valence electrons. The number of carbonyl (C=O) groups is 2. The summed E-state index contributed by atoms with van der Waals surface area (Å²) in [4.78, 5) is 28.2. The third kappa shape index (κ3) is 5.92. The molecule has 3 aromatic rings. The van der Waals surface area contributed by atoms with Crippen LogP contribution in [0.3, 0.4) is 0 Å². The minimum absolute atomic E-state index is 0.0255. The summed E-state index contributed by atoms with van der Waals surface area (Å²) in [5.41, 5.74) is 0.805. The molecule has 10 heteroatoms. The molecule has 1 N–H and O–H groups in total. The predicted octanol–water partition coefficient (Wildman–Crippen LogP) is 2.95. The van der Waals surface area contributed by atoms with E-state index in [1.807, 2.05) is 41.3 Å². The highest BCUT2D eigenvalue weighted by Gasteiger charge is 2.27. The second-order valence-electron chi connectivity index (χ2n) is 7.31. The molecule has 1 fully saturated rings. The van der Waals surface area contributed by atoms with Crippen molar-refractivity contribution < 1.29 is 9.59 Å². The first-order valence-electron chi connectivity index (χ1n) is 10.2. The van der Waals surface area contributed by atoms with Crippen molar-refractivity contribution in [3.8, 4) is 0 Å². The number of benzene rings is 1. The molecule has 1 aliphatic heterocycles. The summed E-state index contributed by atoms with van der Waals surface area (Å²) >= 11 is 3.07. The maximum atomic E-state index is 12.6. The van der Waals surface area contributed by atoms with Crippen LogP contribution < -0.4 is 5.32 Å². The molecule has 0 atom stereocenters. The van der Waals surface area contributed by atoms with Crippen molar-refractivity contribution in [1.29, 1.82) is 0 Å². The maximum Gasteiger partial charge on any atom is 0.233 e. The fourth-order valence-corrected chi connectivity index (χ4v) is 4.99. The lowest BCUT2D eigenvalue weighted by molar-refractivity contribution is -0.132. The Balaban J connectivity index is 1.21. The molecule has 4 rings (SSSR count). The van der Waals surface area contributed by atoms with Gasteiger partial charge in [0, 0.05) is 36.0 Å². The van der Waals surface area contributed by atoms with Gasteiger partial charge in [0.05, 0.1) is 12.3 Å². The van der Waals surface area contributed by atoms with E-state index in [0.717, 1.165) is 12.1 Å². The zero-order chi connectivity index (χ0) is 21.5. The van der Waals surface area contributed by atoms with Crippen molar-refractivity contribution in [2.24, 2.45) is 5.92 Å². The van der Waals surface area contributed by atoms with Crippen molar-refractivity contribution in [2.75, 3.05) is 24.2 Å². The van der Waals surface area contributed by atoms with Crippen molar-refractivity contribution >= 4 is 40.6 Å². The minimum atomic E-state index is -0.0681. The molecule has 1 saturated heterocycles. The topological polar surface area (TPSA) is 93.0 Å². The lowest BCUT2D eigenvalue weighted by Gasteiger charge is -2.31. The van der Waals surface area contributed by atoms with Gasteiger partial charge < -0.3 is 10.2 Å². The van der Waals surface area contributed by atoms with E-state index in [-0.39, 0.29) is 17.7 Å². The Hall–Kier alpha value is -2.72. The number of rotatable bonds is 8. The highest BCUT2D eigenvalue weighted by molar-refractivity contribution is 7.99. The fraction of sp³-hybridized carbons (Fsp3) is 0.381. The number of nitrogens with zero attached hydrogens (tertiary/aromatic N) is 5. The van der Waals surface area contributed by atoms with Crippen LogP contribution >= 0.6 is 23.1 Å². The second kappa shape index (κ2) is 10.5. The second-order valence-corrected chi connectivity index (χ2v) is 9.29. The number of hydrogen-bond acceptors (Lipinski definition) is 7. The van der Waals surface area contributed by atoms with E-state index in [4.69, 9.17) is 0 Å². The number of para-hydroxylation sites is 1. The Morgan fingerprint density at radius 1 is 1.13 bits per heavy atom. The minimum Gasteiger partial charge on any atom is -0.342 e. The van der Waals surface area contributed by atoms with Gasteiger partial charge in [-0.15, -0.1) is 16.4 Å². The smallest absolute Gasteiger partial charge is 0.233 e. The quantitative estimate of drug-likeness (QED) is 0.524. The summed E-state index contributed by atoms with van der Waals surface area (Å²) in [6.45, 7) is 1.87. The average molecular weight is 457 g/mol. The van der Waals surface area contributed by atoms with Gasteiger partial charge in [-0.3, -0.25) is 9.59 Å². The molecular weight excluding hydrogens is 432 g/mol. The molecule has 0 bridgehead atoms. The lowest BCUT2D eigenvalue weighted by Crippen LogP contribution is -2.42. The zero-order valence-electron chi connectivity index (χ0n) is 17.0. The van der Waals surface area contributed by atoms with Crippen LogP contribution in [0.25, 0.3) is 0 Å². The van der Waals surface area contributed by atoms with Crippen LogP contribution in [0.2, 0.25) is 0 Å². The first-order valence-corrected chi connectivity index (χ1v) is 12.1. The molecule has 31 heavy (non-hydrogen) atoms. The number of tetrazole rings is 1. The number of aryl methyl sites for hydroxylation is 2. The summed E-state index contributed by atoms with van der Waals surface area (Å²) in [6.07, 6.45) is 2.21. The Bertz CT molecular complexity index is 984. The number of nitrogens with one attached hydrogen (secondary N) is 1. The number of likely N-dealkylation sites (tertiary alicyclic amines) is 1. The molecule has 2 aromatic heterocycles. The van der Waals surface area contributed by atoms with Gasteiger partial charge in [-0.05, 0) is 46.8 Å². The zero-order valence-corrected chi connectivity index (χ0v) is 18.6. The van der Waals surface area contributed by atoms with E-state index in [1.54, 1.807) is 16.0 Å². The molecule has 0 aliphatic carbocycles. The van der Waals surface area contributed by atoms with Crippen LogP contribution in [0.4, 0.5) is 5.69 Å². The van der Waals surface area contributed by atoms with E-state index >= 15 is 0 Å². The summed E-state index contributed by atoms with van der Waals surface area (Å²) in [5.74, 6) is 0.305. The Morgan fingerprint density at radius 3 is 2.68 bits per heavy atom. The Kier molecular flexibility index (Phi) is 7.31. The maximum absolute atomic E-state index is 12.6. The van der Waals surface area contributed by atoms with Gasteiger partial charge >= 0.3 is 0 Å². The monoisotopic (exact) mass is 456 g/mol. The van der Waals surface area contributed by atoms with Gasteiger partial charge in [-0.1, -0.05) is 36.0 Å². The molecule has 8 nitrogen and oxygen atoms in total. The Morgan fingerprint density at radius 2 is 1.94 bits per heavy atom. The third-order valence-electron chi connectivity index (χ3n) is 5.23. The molecule has 0 radical (unpaired) electrons. The third-order valence-corrected chi connectivity index (χ3v) is 7.11. The van der Waals surface area contributed by atoms with Crippen LogP contribution in [0.1, 0.15) is 17.7 Å². The number of piperidine rings is 1. The van der Waals surface area contributed by atoms with E-state index < -0.39 is 0 Å². The standard InChI is InChI=1S/C21H24N6O2S2/c28-19(15-31-21-23-24-25-27(21)13-10-18-7-4-14-30-18)26-11-8-16(9-12-26)20(29)22-17-5-2-1-3-6-17/h1-7,14,16H,8-13,15H2,(H,22,29). The molecular formula is C21H24N6O2S2. The van der Waals surface area contributed by atoms with E-state index in [1.165, 1.54) is 16.6 Å². The van der Waals surface area contributed by atoms with Gasteiger partial charge in [-0.2, -0.15) is 0 Å².